The fourth-order valence-electron chi connectivity index (χ4n) is 1.83. The molecule has 0 heterocycles. The van der Waals surface area contributed by atoms with E-state index >= 15 is 0 Å². The van der Waals surface area contributed by atoms with E-state index in [1.807, 2.05) is 6.26 Å². The first kappa shape index (κ1) is 17.7. The Balaban J connectivity index is 2.38. The molecule has 2 amide bonds. The maximum atomic E-state index is 13.4. The van der Waals surface area contributed by atoms with Crippen LogP contribution >= 0.6 is 11.8 Å². The third-order valence-electron chi connectivity index (χ3n) is 3.09. The molecule has 0 aliphatic heterocycles. The van der Waals surface area contributed by atoms with E-state index in [0.717, 1.165) is 18.2 Å². The topological polar surface area (TPSA) is 61.4 Å². The second-order valence-corrected chi connectivity index (χ2v) is 5.71. The minimum atomic E-state index is -0.504. The first-order chi connectivity index (χ1) is 9.97. The second kappa shape index (κ2) is 8.84. The van der Waals surface area contributed by atoms with Crippen LogP contribution in [-0.4, -0.2) is 41.8 Å². The number of benzene rings is 1. The van der Waals surface area contributed by atoms with Crippen molar-refractivity contribution in [1.82, 2.24) is 10.6 Å². The average Bonchev–Trinajstić information content (AvgIpc) is 2.44. The lowest BCUT2D eigenvalue weighted by Gasteiger charge is -2.21. The normalized spacial score (nSPS) is 13.6. The number of carbonyl (C=O) groups excluding carboxylic acids is 1. The Labute approximate surface area is 127 Å². The number of halogens is 2. The predicted molar refractivity (Wildman–Crippen MR) is 80.4 cm³/mol. The molecule has 0 fully saturated rings. The molecule has 1 rings (SSSR count). The standard InChI is InChI=1S/C14H20F2N2O2S/c1-9(13(8-19)21-2)18-14(20)17-6-5-10-7-11(15)3-4-12(10)16/h3-4,7,9,13,19H,5-6,8H2,1-2H3,(H2,17,18,20). The molecule has 1 aromatic carbocycles. The monoisotopic (exact) mass is 318 g/mol. The zero-order valence-corrected chi connectivity index (χ0v) is 12.8. The maximum Gasteiger partial charge on any atom is 0.315 e. The SMILES string of the molecule is CSC(CO)C(C)NC(=O)NCCc1cc(F)ccc1F. The van der Waals surface area contributed by atoms with E-state index < -0.39 is 17.7 Å². The Hall–Kier alpha value is -1.34. The molecule has 2 unspecified atom stereocenters. The van der Waals surface area contributed by atoms with Crippen LogP contribution < -0.4 is 10.6 Å². The molecule has 0 radical (unpaired) electrons. The van der Waals surface area contributed by atoms with Gasteiger partial charge in [-0.2, -0.15) is 11.8 Å². The number of nitrogens with one attached hydrogen (secondary N) is 2. The molecule has 0 aliphatic rings. The summed E-state index contributed by atoms with van der Waals surface area (Å²) < 4.78 is 26.4. The summed E-state index contributed by atoms with van der Waals surface area (Å²) in [6, 6.07) is 2.64. The fourth-order valence-corrected chi connectivity index (χ4v) is 2.46. The Morgan fingerprint density at radius 3 is 2.76 bits per heavy atom. The van der Waals surface area contributed by atoms with Crippen molar-refractivity contribution in [2.24, 2.45) is 0 Å². The first-order valence-electron chi connectivity index (χ1n) is 6.60. The summed E-state index contributed by atoms with van der Waals surface area (Å²) in [5, 5.41) is 14.3. The molecule has 21 heavy (non-hydrogen) atoms. The van der Waals surface area contributed by atoms with Gasteiger partial charge in [-0.15, -0.1) is 0 Å². The highest BCUT2D eigenvalue weighted by molar-refractivity contribution is 7.99. The van der Waals surface area contributed by atoms with Crippen molar-refractivity contribution >= 4 is 17.8 Å². The highest BCUT2D eigenvalue weighted by atomic mass is 32.2. The van der Waals surface area contributed by atoms with Crippen LogP contribution in [0.4, 0.5) is 13.6 Å². The number of rotatable bonds is 7. The van der Waals surface area contributed by atoms with Crippen molar-refractivity contribution in [3.8, 4) is 0 Å². The van der Waals surface area contributed by atoms with E-state index in [4.69, 9.17) is 5.11 Å². The largest absolute Gasteiger partial charge is 0.395 e. The Morgan fingerprint density at radius 1 is 1.43 bits per heavy atom. The smallest absolute Gasteiger partial charge is 0.315 e. The Bertz CT molecular complexity index is 470. The third kappa shape index (κ3) is 5.89. The van der Waals surface area contributed by atoms with E-state index in [1.54, 1.807) is 6.92 Å². The van der Waals surface area contributed by atoms with Crippen LogP contribution in [0.2, 0.25) is 0 Å². The highest BCUT2D eigenvalue weighted by Crippen LogP contribution is 2.11. The molecule has 0 aliphatic carbocycles. The molecule has 1 aromatic rings. The number of amides is 2. The quantitative estimate of drug-likeness (QED) is 0.720. The van der Waals surface area contributed by atoms with Crippen molar-refractivity contribution < 1.29 is 18.7 Å². The van der Waals surface area contributed by atoms with Gasteiger partial charge < -0.3 is 15.7 Å². The summed E-state index contributed by atoms with van der Waals surface area (Å²) in [5.41, 5.74) is 0.223. The number of hydrogen-bond acceptors (Lipinski definition) is 3. The molecule has 0 bridgehead atoms. The van der Waals surface area contributed by atoms with Crippen LogP contribution in [-0.2, 0) is 6.42 Å². The van der Waals surface area contributed by atoms with E-state index in [1.165, 1.54) is 11.8 Å². The number of aliphatic hydroxyl groups excluding tert-OH is 1. The van der Waals surface area contributed by atoms with Gasteiger partial charge in [-0.1, -0.05) is 0 Å². The molecule has 7 heteroatoms. The molecule has 118 valence electrons. The van der Waals surface area contributed by atoms with Crippen LogP contribution in [0.5, 0.6) is 0 Å². The second-order valence-electron chi connectivity index (χ2n) is 4.63. The van der Waals surface area contributed by atoms with E-state index in [0.29, 0.717) is 0 Å². The fraction of sp³-hybridized carbons (Fsp3) is 0.500. The van der Waals surface area contributed by atoms with E-state index in [9.17, 15) is 13.6 Å². The lowest BCUT2D eigenvalue weighted by atomic mass is 10.1. The van der Waals surface area contributed by atoms with Gasteiger partial charge in [0.1, 0.15) is 11.6 Å². The zero-order chi connectivity index (χ0) is 15.8. The Morgan fingerprint density at radius 2 is 2.14 bits per heavy atom. The lowest BCUT2D eigenvalue weighted by Crippen LogP contribution is -2.46. The van der Waals surface area contributed by atoms with Crippen molar-refractivity contribution in [3.63, 3.8) is 0 Å². The van der Waals surface area contributed by atoms with Gasteiger partial charge in [0, 0.05) is 17.8 Å². The number of urea groups is 1. The summed E-state index contributed by atoms with van der Waals surface area (Å²) in [4.78, 5) is 11.7. The van der Waals surface area contributed by atoms with Crippen LogP contribution in [0.25, 0.3) is 0 Å². The van der Waals surface area contributed by atoms with Crippen LogP contribution in [0.15, 0.2) is 18.2 Å². The van der Waals surface area contributed by atoms with Gasteiger partial charge in [0.15, 0.2) is 0 Å². The minimum absolute atomic E-state index is 0.0306. The molecule has 4 nitrogen and oxygen atoms in total. The number of hydrogen-bond donors (Lipinski definition) is 3. The van der Waals surface area contributed by atoms with Crippen molar-refractivity contribution in [2.45, 2.75) is 24.6 Å². The number of thioether (sulfide) groups is 1. The van der Waals surface area contributed by atoms with Crippen molar-refractivity contribution in [3.05, 3.63) is 35.4 Å². The molecule has 2 atom stereocenters. The molecule has 0 saturated heterocycles. The van der Waals surface area contributed by atoms with Gasteiger partial charge >= 0.3 is 6.03 Å². The first-order valence-corrected chi connectivity index (χ1v) is 7.88. The van der Waals surface area contributed by atoms with Crippen LogP contribution in [0, 0.1) is 11.6 Å². The molecular formula is C14H20F2N2O2S. The summed E-state index contributed by atoms with van der Waals surface area (Å²) in [7, 11) is 0. The van der Waals surface area contributed by atoms with E-state index in [-0.39, 0.29) is 36.4 Å². The molecule has 0 spiro atoms. The predicted octanol–water partition coefficient (Wildman–Crippen LogP) is 1.92. The van der Waals surface area contributed by atoms with Gasteiger partial charge in [0.05, 0.1) is 6.61 Å². The van der Waals surface area contributed by atoms with Crippen LogP contribution in [0.1, 0.15) is 12.5 Å². The van der Waals surface area contributed by atoms with Gasteiger partial charge in [0.2, 0.25) is 0 Å². The highest BCUT2D eigenvalue weighted by Gasteiger charge is 2.17. The average molecular weight is 318 g/mol. The summed E-state index contributed by atoms with van der Waals surface area (Å²) in [6.45, 7) is 1.96. The van der Waals surface area contributed by atoms with Gasteiger partial charge in [-0.25, -0.2) is 13.6 Å². The molecule has 3 N–H and O–H groups in total. The maximum absolute atomic E-state index is 13.4. The molecular weight excluding hydrogens is 298 g/mol. The molecule has 0 aromatic heterocycles. The van der Waals surface area contributed by atoms with Crippen molar-refractivity contribution in [2.75, 3.05) is 19.4 Å². The lowest BCUT2D eigenvalue weighted by molar-refractivity contribution is 0.232. The third-order valence-corrected chi connectivity index (χ3v) is 4.25. The summed E-state index contributed by atoms with van der Waals surface area (Å²) in [6.07, 6.45) is 2.06. The zero-order valence-electron chi connectivity index (χ0n) is 12.0. The minimum Gasteiger partial charge on any atom is -0.395 e. The summed E-state index contributed by atoms with van der Waals surface area (Å²) in [5.74, 6) is -0.995. The number of carbonyl (C=O) groups is 1. The van der Waals surface area contributed by atoms with Crippen molar-refractivity contribution in [1.29, 1.82) is 0 Å². The molecule has 0 saturated carbocycles. The van der Waals surface area contributed by atoms with Crippen LogP contribution in [0.3, 0.4) is 0 Å². The van der Waals surface area contributed by atoms with Gasteiger partial charge in [-0.05, 0) is 43.4 Å². The van der Waals surface area contributed by atoms with E-state index in [2.05, 4.69) is 10.6 Å². The Kier molecular flexibility index (Phi) is 7.45. The summed E-state index contributed by atoms with van der Waals surface area (Å²) >= 11 is 1.46. The van der Waals surface area contributed by atoms with Gasteiger partial charge in [0.25, 0.3) is 0 Å². The number of aliphatic hydroxyl groups is 1. The van der Waals surface area contributed by atoms with Gasteiger partial charge in [-0.3, -0.25) is 0 Å².